The minimum atomic E-state index is -0.325. The third-order valence-electron chi connectivity index (χ3n) is 4.74. The SMILES string of the molecule is Cc1ccc(NC(=O)CCC(=O)N/N=C/c2cccc(OCc3ccccc3)c2)c(C)c1. The fraction of sp³-hybridized carbons (Fsp3) is 0.192. The molecule has 0 aromatic heterocycles. The van der Waals surface area contributed by atoms with Gasteiger partial charge < -0.3 is 10.1 Å². The Kier molecular flexibility index (Phi) is 8.15. The van der Waals surface area contributed by atoms with E-state index in [0.717, 1.165) is 27.9 Å². The molecule has 0 aliphatic heterocycles. The van der Waals surface area contributed by atoms with Crippen molar-refractivity contribution in [3.63, 3.8) is 0 Å². The second-order valence-corrected chi connectivity index (χ2v) is 7.51. The zero-order chi connectivity index (χ0) is 22.8. The van der Waals surface area contributed by atoms with E-state index in [2.05, 4.69) is 15.8 Å². The second-order valence-electron chi connectivity index (χ2n) is 7.51. The first-order valence-electron chi connectivity index (χ1n) is 10.5. The number of nitrogens with one attached hydrogen (secondary N) is 2. The van der Waals surface area contributed by atoms with Crippen LogP contribution in [0.2, 0.25) is 0 Å². The predicted octanol–water partition coefficient (Wildman–Crippen LogP) is 4.75. The first-order chi connectivity index (χ1) is 15.5. The Morgan fingerprint density at radius 1 is 0.906 bits per heavy atom. The third-order valence-corrected chi connectivity index (χ3v) is 4.74. The molecule has 0 aliphatic rings. The first kappa shape index (κ1) is 22.7. The van der Waals surface area contributed by atoms with Crippen molar-refractivity contribution in [2.45, 2.75) is 33.3 Å². The van der Waals surface area contributed by atoms with E-state index in [9.17, 15) is 9.59 Å². The number of carbonyl (C=O) groups is 2. The molecule has 0 heterocycles. The van der Waals surface area contributed by atoms with Crippen molar-refractivity contribution in [1.29, 1.82) is 0 Å². The maximum Gasteiger partial charge on any atom is 0.240 e. The summed E-state index contributed by atoms with van der Waals surface area (Å²) in [5.74, 6) is 0.181. The molecule has 0 atom stereocenters. The lowest BCUT2D eigenvalue weighted by molar-refractivity contribution is -0.124. The fourth-order valence-corrected chi connectivity index (χ4v) is 3.05. The van der Waals surface area contributed by atoms with Crippen molar-refractivity contribution in [2.24, 2.45) is 5.10 Å². The van der Waals surface area contributed by atoms with Crippen LogP contribution in [0.3, 0.4) is 0 Å². The number of ether oxygens (including phenoxy) is 1. The lowest BCUT2D eigenvalue weighted by atomic mass is 10.1. The molecule has 0 saturated heterocycles. The van der Waals surface area contributed by atoms with Gasteiger partial charge in [0.2, 0.25) is 11.8 Å². The monoisotopic (exact) mass is 429 g/mol. The molecule has 0 saturated carbocycles. The van der Waals surface area contributed by atoms with Crippen molar-refractivity contribution in [3.05, 3.63) is 95.1 Å². The summed E-state index contributed by atoms with van der Waals surface area (Å²) >= 11 is 0. The Morgan fingerprint density at radius 3 is 2.47 bits per heavy atom. The van der Waals surface area contributed by atoms with Gasteiger partial charge in [0.05, 0.1) is 6.21 Å². The molecule has 6 heteroatoms. The molecular formula is C26H27N3O3. The van der Waals surface area contributed by atoms with Crippen LogP contribution in [0.4, 0.5) is 5.69 Å². The molecule has 3 rings (SSSR count). The number of amides is 2. The number of hydrazone groups is 1. The number of carbonyl (C=O) groups excluding carboxylic acids is 2. The van der Waals surface area contributed by atoms with E-state index in [1.54, 1.807) is 6.21 Å². The summed E-state index contributed by atoms with van der Waals surface area (Å²) in [5, 5.41) is 6.81. The van der Waals surface area contributed by atoms with Crippen molar-refractivity contribution in [1.82, 2.24) is 5.43 Å². The highest BCUT2D eigenvalue weighted by Gasteiger charge is 2.08. The van der Waals surface area contributed by atoms with Crippen LogP contribution in [0, 0.1) is 13.8 Å². The largest absolute Gasteiger partial charge is 0.489 e. The maximum absolute atomic E-state index is 12.1. The molecule has 0 radical (unpaired) electrons. The summed E-state index contributed by atoms with van der Waals surface area (Å²) in [7, 11) is 0. The highest BCUT2D eigenvalue weighted by Crippen LogP contribution is 2.16. The van der Waals surface area contributed by atoms with E-state index in [1.165, 1.54) is 0 Å². The molecule has 3 aromatic rings. The summed E-state index contributed by atoms with van der Waals surface area (Å²) in [5.41, 5.74) is 7.21. The Bertz CT molecular complexity index is 1090. The number of nitrogens with zero attached hydrogens (tertiary/aromatic N) is 1. The van der Waals surface area contributed by atoms with Crippen LogP contribution in [-0.4, -0.2) is 18.0 Å². The van der Waals surface area contributed by atoms with Gasteiger partial charge in [-0.05, 0) is 48.7 Å². The molecule has 0 unspecified atom stereocenters. The Labute approximate surface area is 188 Å². The summed E-state index contributed by atoms with van der Waals surface area (Å²) < 4.78 is 5.80. The van der Waals surface area contributed by atoms with Gasteiger partial charge in [-0.25, -0.2) is 5.43 Å². The van der Waals surface area contributed by atoms with Crippen LogP contribution in [0.25, 0.3) is 0 Å². The van der Waals surface area contributed by atoms with Crippen molar-refractivity contribution < 1.29 is 14.3 Å². The molecule has 164 valence electrons. The van der Waals surface area contributed by atoms with Gasteiger partial charge in [0.15, 0.2) is 0 Å². The average Bonchev–Trinajstić information content (AvgIpc) is 2.79. The van der Waals surface area contributed by atoms with Gasteiger partial charge in [-0.1, -0.05) is 60.2 Å². The van der Waals surface area contributed by atoms with Crippen LogP contribution in [0.5, 0.6) is 5.75 Å². The van der Waals surface area contributed by atoms with E-state index in [0.29, 0.717) is 12.4 Å². The van der Waals surface area contributed by atoms with Gasteiger partial charge in [-0.2, -0.15) is 5.10 Å². The van der Waals surface area contributed by atoms with Crippen LogP contribution in [0.1, 0.15) is 35.1 Å². The molecule has 32 heavy (non-hydrogen) atoms. The molecule has 0 spiro atoms. The van der Waals surface area contributed by atoms with Gasteiger partial charge in [-0.3, -0.25) is 9.59 Å². The summed E-state index contributed by atoms with van der Waals surface area (Å²) in [4.78, 5) is 24.1. The van der Waals surface area contributed by atoms with Gasteiger partial charge in [0.1, 0.15) is 12.4 Å². The fourth-order valence-electron chi connectivity index (χ4n) is 3.05. The Hall–Kier alpha value is -3.93. The molecule has 0 fully saturated rings. The summed E-state index contributed by atoms with van der Waals surface area (Å²) in [6, 6.07) is 23.1. The maximum atomic E-state index is 12.1. The van der Waals surface area contributed by atoms with E-state index in [1.807, 2.05) is 86.6 Å². The Morgan fingerprint density at radius 2 is 1.69 bits per heavy atom. The lowest BCUT2D eigenvalue weighted by Crippen LogP contribution is -2.20. The Balaban J connectivity index is 1.42. The van der Waals surface area contributed by atoms with E-state index >= 15 is 0 Å². The molecule has 6 nitrogen and oxygen atoms in total. The summed E-state index contributed by atoms with van der Waals surface area (Å²) in [6.45, 7) is 4.41. The molecule has 2 amide bonds. The second kappa shape index (κ2) is 11.5. The smallest absolute Gasteiger partial charge is 0.240 e. The molecule has 0 aliphatic carbocycles. The van der Waals surface area contributed by atoms with Crippen LogP contribution in [0.15, 0.2) is 77.9 Å². The van der Waals surface area contributed by atoms with Crippen LogP contribution < -0.4 is 15.5 Å². The number of hydrogen-bond acceptors (Lipinski definition) is 4. The van der Waals surface area contributed by atoms with Crippen molar-refractivity contribution in [2.75, 3.05) is 5.32 Å². The molecular weight excluding hydrogens is 402 g/mol. The normalized spacial score (nSPS) is 10.7. The van der Waals surface area contributed by atoms with Gasteiger partial charge in [-0.15, -0.1) is 0 Å². The van der Waals surface area contributed by atoms with Gasteiger partial charge in [0, 0.05) is 18.5 Å². The number of rotatable bonds is 9. The highest BCUT2D eigenvalue weighted by atomic mass is 16.5. The highest BCUT2D eigenvalue weighted by molar-refractivity contribution is 5.94. The lowest BCUT2D eigenvalue weighted by Gasteiger charge is -2.08. The number of anilines is 1. The van der Waals surface area contributed by atoms with Crippen molar-refractivity contribution >= 4 is 23.7 Å². The van der Waals surface area contributed by atoms with Crippen LogP contribution in [-0.2, 0) is 16.2 Å². The van der Waals surface area contributed by atoms with Gasteiger partial charge >= 0.3 is 0 Å². The van der Waals surface area contributed by atoms with E-state index in [-0.39, 0.29) is 24.7 Å². The first-order valence-corrected chi connectivity index (χ1v) is 10.5. The standard InChI is InChI=1S/C26H27N3O3/c1-19-11-12-24(20(2)15-19)28-25(30)13-14-26(31)29-27-17-22-9-6-10-23(16-22)32-18-21-7-4-3-5-8-21/h3-12,15-17H,13-14,18H2,1-2H3,(H,28,30)(H,29,31)/b27-17+. The minimum absolute atomic E-state index is 0.0499. The average molecular weight is 430 g/mol. The topological polar surface area (TPSA) is 79.8 Å². The molecule has 2 N–H and O–H groups in total. The van der Waals surface area contributed by atoms with E-state index < -0.39 is 0 Å². The van der Waals surface area contributed by atoms with Gasteiger partial charge in [0.25, 0.3) is 0 Å². The third kappa shape index (κ3) is 7.40. The zero-order valence-corrected chi connectivity index (χ0v) is 18.3. The molecule has 0 bridgehead atoms. The van der Waals surface area contributed by atoms with Crippen molar-refractivity contribution in [3.8, 4) is 5.75 Å². The predicted molar refractivity (Wildman–Crippen MR) is 127 cm³/mol. The number of hydrogen-bond donors (Lipinski definition) is 2. The zero-order valence-electron chi connectivity index (χ0n) is 18.3. The van der Waals surface area contributed by atoms with Crippen LogP contribution >= 0.6 is 0 Å². The number of benzene rings is 3. The molecule has 3 aromatic carbocycles. The summed E-state index contributed by atoms with van der Waals surface area (Å²) in [6.07, 6.45) is 1.68. The quantitative estimate of drug-likeness (QED) is 0.380. The number of aryl methyl sites for hydroxylation is 2. The van der Waals surface area contributed by atoms with E-state index in [4.69, 9.17) is 4.74 Å². The minimum Gasteiger partial charge on any atom is -0.489 e.